The Morgan fingerprint density at radius 1 is 1.53 bits per heavy atom. The second kappa shape index (κ2) is 5.02. The van der Waals surface area contributed by atoms with Crippen molar-refractivity contribution >= 4 is 16.7 Å². The molecule has 2 N–H and O–H groups in total. The summed E-state index contributed by atoms with van der Waals surface area (Å²) in [5, 5.41) is 0. The topological polar surface area (TPSA) is 60.2 Å². The lowest BCUT2D eigenvalue weighted by molar-refractivity contribution is -0.117. The van der Waals surface area contributed by atoms with Gasteiger partial charge in [0.25, 0.3) is 0 Å². The molecule has 1 atom stereocenters. The summed E-state index contributed by atoms with van der Waals surface area (Å²) in [6, 6.07) is 4.20. The molecule has 0 saturated heterocycles. The van der Waals surface area contributed by atoms with Gasteiger partial charge in [-0.05, 0) is 17.7 Å². The van der Waals surface area contributed by atoms with E-state index in [4.69, 9.17) is 5.73 Å². The van der Waals surface area contributed by atoms with E-state index in [0.717, 1.165) is 0 Å². The summed E-state index contributed by atoms with van der Waals surface area (Å²) in [7, 11) is -1.18. The van der Waals surface area contributed by atoms with Gasteiger partial charge in [-0.25, -0.2) is 4.39 Å². The van der Waals surface area contributed by atoms with Gasteiger partial charge in [-0.1, -0.05) is 13.0 Å². The Morgan fingerprint density at radius 3 is 2.67 bits per heavy atom. The molecule has 0 saturated carbocycles. The van der Waals surface area contributed by atoms with Crippen molar-refractivity contribution in [2.24, 2.45) is 5.73 Å². The summed E-state index contributed by atoms with van der Waals surface area (Å²) in [6.07, 6.45) is -0.134. The van der Waals surface area contributed by atoms with Crippen LogP contribution in [0.2, 0.25) is 0 Å². The van der Waals surface area contributed by atoms with Crippen LogP contribution in [-0.2, 0) is 22.0 Å². The van der Waals surface area contributed by atoms with Gasteiger partial charge in [0.1, 0.15) is 5.82 Å². The molecule has 0 aliphatic carbocycles. The quantitative estimate of drug-likeness (QED) is 0.836. The third-order valence-electron chi connectivity index (χ3n) is 1.91. The highest BCUT2D eigenvalue weighted by Crippen LogP contribution is 2.14. The number of amides is 1. The molecule has 0 heterocycles. The van der Waals surface area contributed by atoms with E-state index >= 15 is 0 Å². The molecule has 5 heteroatoms. The van der Waals surface area contributed by atoms with Gasteiger partial charge >= 0.3 is 0 Å². The SMILES string of the molecule is CCS(=O)c1ccc(CC(N)=O)c(F)c1. The zero-order valence-electron chi connectivity index (χ0n) is 8.33. The number of carbonyl (C=O) groups excluding carboxylic acids is 1. The number of carbonyl (C=O) groups is 1. The average molecular weight is 229 g/mol. The zero-order chi connectivity index (χ0) is 11.4. The van der Waals surface area contributed by atoms with E-state index in [1.807, 2.05) is 0 Å². The first-order valence-electron chi connectivity index (χ1n) is 4.49. The van der Waals surface area contributed by atoms with Crippen LogP contribution in [0.15, 0.2) is 23.1 Å². The molecule has 3 nitrogen and oxygen atoms in total. The smallest absolute Gasteiger partial charge is 0.221 e. The third-order valence-corrected chi connectivity index (χ3v) is 3.22. The van der Waals surface area contributed by atoms with E-state index in [-0.39, 0.29) is 12.0 Å². The second-order valence-electron chi connectivity index (χ2n) is 3.03. The minimum Gasteiger partial charge on any atom is -0.369 e. The minimum atomic E-state index is -1.18. The van der Waals surface area contributed by atoms with E-state index in [1.165, 1.54) is 12.1 Å². The first-order valence-corrected chi connectivity index (χ1v) is 5.81. The summed E-state index contributed by atoms with van der Waals surface area (Å²) < 4.78 is 24.7. The number of hydrogen-bond donors (Lipinski definition) is 1. The van der Waals surface area contributed by atoms with E-state index in [0.29, 0.717) is 10.6 Å². The fourth-order valence-corrected chi connectivity index (χ4v) is 1.96. The Hall–Kier alpha value is -1.23. The lowest BCUT2D eigenvalue weighted by atomic mass is 10.1. The second-order valence-corrected chi connectivity index (χ2v) is 4.77. The van der Waals surface area contributed by atoms with Crippen molar-refractivity contribution in [2.45, 2.75) is 18.2 Å². The van der Waals surface area contributed by atoms with Gasteiger partial charge in [0.05, 0.1) is 17.2 Å². The number of benzene rings is 1. The molecule has 0 fully saturated rings. The van der Waals surface area contributed by atoms with Crippen molar-refractivity contribution in [1.29, 1.82) is 0 Å². The molecule has 1 rings (SSSR count). The number of nitrogens with two attached hydrogens (primary N) is 1. The van der Waals surface area contributed by atoms with Crippen molar-refractivity contribution in [2.75, 3.05) is 5.75 Å². The van der Waals surface area contributed by atoms with Crippen molar-refractivity contribution in [3.05, 3.63) is 29.6 Å². The number of hydrogen-bond acceptors (Lipinski definition) is 2. The Bertz CT molecular complexity index is 406. The monoisotopic (exact) mass is 229 g/mol. The predicted octanol–water partition coefficient (Wildman–Crippen LogP) is 0.981. The van der Waals surface area contributed by atoms with Crippen LogP contribution in [-0.4, -0.2) is 15.9 Å². The summed E-state index contributed by atoms with van der Waals surface area (Å²) in [6.45, 7) is 1.76. The van der Waals surface area contributed by atoms with Crippen LogP contribution in [0, 0.1) is 5.82 Å². The van der Waals surface area contributed by atoms with Crippen molar-refractivity contribution in [3.63, 3.8) is 0 Å². The Morgan fingerprint density at radius 2 is 2.20 bits per heavy atom. The third kappa shape index (κ3) is 3.13. The van der Waals surface area contributed by atoms with Gasteiger partial charge in [0.15, 0.2) is 0 Å². The maximum atomic E-state index is 13.4. The molecule has 1 amide bonds. The van der Waals surface area contributed by atoms with E-state index in [1.54, 1.807) is 13.0 Å². The first-order chi connectivity index (χ1) is 7.04. The average Bonchev–Trinajstić information content (AvgIpc) is 2.19. The molecule has 1 aromatic carbocycles. The van der Waals surface area contributed by atoms with E-state index in [9.17, 15) is 13.4 Å². The molecule has 0 aliphatic rings. The van der Waals surface area contributed by atoms with Gasteiger partial charge < -0.3 is 5.73 Å². The molecule has 0 bridgehead atoms. The molecule has 0 aromatic heterocycles. The molecule has 15 heavy (non-hydrogen) atoms. The molecule has 1 aromatic rings. The van der Waals surface area contributed by atoms with Gasteiger partial charge in [-0.3, -0.25) is 9.00 Å². The predicted molar refractivity (Wildman–Crippen MR) is 56.2 cm³/mol. The zero-order valence-corrected chi connectivity index (χ0v) is 9.14. The van der Waals surface area contributed by atoms with Crippen molar-refractivity contribution in [3.8, 4) is 0 Å². The highest BCUT2D eigenvalue weighted by molar-refractivity contribution is 7.85. The number of halogens is 1. The molecule has 0 aliphatic heterocycles. The summed E-state index contributed by atoms with van der Waals surface area (Å²) in [5.74, 6) is -0.680. The Balaban J connectivity index is 2.97. The maximum Gasteiger partial charge on any atom is 0.221 e. The number of primary amides is 1. The van der Waals surface area contributed by atoms with Crippen LogP contribution in [0.1, 0.15) is 12.5 Å². The molecule has 82 valence electrons. The van der Waals surface area contributed by atoms with Gasteiger partial charge in [-0.15, -0.1) is 0 Å². The summed E-state index contributed by atoms with van der Waals surface area (Å²) in [4.78, 5) is 11.0. The van der Waals surface area contributed by atoms with E-state index < -0.39 is 22.5 Å². The molecule has 1 unspecified atom stereocenters. The van der Waals surface area contributed by atoms with E-state index in [2.05, 4.69) is 0 Å². The Kier molecular flexibility index (Phi) is 3.96. The Labute approximate surface area is 89.9 Å². The lowest BCUT2D eigenvalue weighted by Gasteiger charge is -2.03. The highest BCUT2D eigenvalue weighted by atomic mass is 32.2. The van der Waals surface area contributed by atoms with Crippen molar-refractivity contribution < 1.29 is 13.4 Å². The van der Waals surface area contributed by atoms with Crippen LogP contribution in [0.4, 0.5) is 4.39 Å². The minimum absolute atomic E-state index is 0.134. The van der Waals surface area contributed by atoms with Crippen LogP contribution in [0.25, 0.3) is 0 Å². The van der Waals surface area contributed by atoms with Gasteiger partial charge in [-0.2, -0.15) is 0 Å². The van der Waals surface area contributed by atoms with Gasteiger partial charge in [0.2, 0.25) is 5.91 Å². The standard InChI is InChI=1S/C10H12FNO2S/c1-2-15(14)8-4-3-7(5-10(12)13)9(11)6-8/h3-4,6H,2,5H2,1H3,(H2,12,13). The van der Waals surface area contributed by atoms with Gasteiger partial charge in [0, 0.05) is 10.6 Å². The molecular formula is C10H12FNO2S. The van der Waals surface area contributed by atoms with Crippen LogP contribution in [0.5, 0.6) is 0 Å². The fraction of sp³-hybridized carbons (Fsp3) is 0.300. The summed E-state index contributed by atoms with van der Waals surface area (Å²) >= 11 is 0. The van der Waals surface area contributed by atoms with Crippen LogP contribution in [0.3, 0.4) is 0 Å². The van der Waals surface area contributed by atoms with Crippen LogP contribution >= 0.6 is 0 Å². The highest BCUT2D eigenvalue weighted by Gasteiger charge is 2.08. The normalized spacial score (nSPS) is 12.4. The van der Waals surface area contributed by atoms with Crippen molar-refractivity contribution in [1.82, 2.24) is 0 Å². The largest absolute Gasteiger partial charge is 0.369 e. The molecule has 0 radical (unpaired) electrons. The number of rotatable bonds is 4. The van der Waals surface area contributed by atoms with Crippen LogP contribution < -0.4 is 5.73 Å². The fourth-order valence-electron chi connectivity index (χ4n) is 1.17. The molecule has 0 spiro atoms. The maximum absolute atomic E-state index is 13.4. The lowest BCUT2D eigenvalue weighted by Crippen LogP contribution is -2.14. The first kappa shape index (κ1) is 11.8. The summed E-state index contributed by atoms with van der Waals surface area (Å²) in [5.41, 5.74) is 5.19. The molecular weight excluding hydrogens is 217 g/mol.